The van der Waals surface area contributed by atoms with Gasteiger partial charge >= 0.3 is 0 Å². The Kier molecular flexibility index (Phi) is 4.38. The molecule has 5 heteroatoms. The Morgan fingerprint density at radius 2 is 1.50 bits per heavy atom. The van der Waals surface area contributed by atoms with E-state index in [9.17, 15) is 4.79 Å². The van der Waals surface area contributed by atoms with Crippen LogP contribution in [0.4, 0.5) is 0 Å². The Bertz CT molecular complexity index is 723. The minimum atomic E-state index is -0.508. The summed E-state index contributed by atoms with van der Waals surface area (Å²) in [6.07, 6.45) is 8.41. The predicted molar refractivity (Wildman–Crippen MR) is 111 cm³/mol. The molecule has 7 atom stereocenters. The summed E-state index contributed by atoms with van der Waals surface area (Å²) in [6, 6.07) is 0. The van der Waals surface area contributed by atoms with E-state index in [1.807, 2.05) is 0 Å². The molecule has 0 amide bonds. The van der Waals surface area contributed by atoms with Crippen molar-refractivity contribution in [3.8, 4) is 0 Å². The molecule has 0 aromatic rings. The normalized spacial score (nSPS) is 51.6. The van der Waals surface area contributed by atoms with Crippen LogP contribution in [0.2, 0.25) is 0 Å². The van der Waals surface area contributed by atoms with Crippen molar-refractivity contribution in [2.45, 2.75) is 83.7 Å². The highest BCUT2D eigenvalue weighted by Gasteiger charge is 2.67. The summed E-state index contributed by atoms with van der Waals surface area (Å²) in [7, 11) is 0. The lowest BCUT2D eigenvalue weighted by Crippen LogP contribution is -2.60. The molecule has 2 aliphatic heterocycles. The van der Waals surface area contributed by atoms with E-state index in [1.165, 1.54) is 19.3 Å². The third-order valence-corrected chi connectivity index (χ3v) is 10.7. The zero-order chi connectivity index (χ0) is 20.8. The maximum Gasteiger partial charge on any atom is 0.169 e. The van der Waals surface area contributed by atoms with Gasteiger partial charge in [-0.3, -0.25) is 4.79 Å². The van der Waals surface area contributed by atoms with Gasteiger partial charge in [-0.15, -0.1) is 0 Å². The number of carbonyl (C=O) groups excluding carboxylic acids is 1. The molecular weight excluding hydrogens is 380 g/mol. The highest BCUT2D eigenvalue weighted by atomic mass is 16.7. The Balaban J connectivity index is 1.29. The van der Waals surface area contributed by atoms with Crippen LogP contribution in [-0.2, 0) is 23.7 Å². The maximum absolute atomic E-state index is 13.9. The summed E-state index contributed by atoms with van der Waals surface area (Å²) in [5.74, 6) is 1.86. The molecule has 4 saturated carbocycles. The molecule has 0 aromatic carbocycles. The first-order valence-corrected chi connectivity index (χ1v) is 12.4. The molecule has 0 aromatic heterocycles. The van der Waals surface area contributed by atoms with Gasteiger partial charge in [0.05, 0.1) is 26.4 Å². The molecule has 0 N–H and O–H groups in total. The minimum Gasteiger partial charge on any atom is -0.348 e. The first kappa shape index (κ1) is 20.1. The fraction of sp³-hybridized carbons (Fsp3) is 0.960. The molecule has 2 saturated heterocycles. The largest absolute Gasteiger partial charge is 0.348 e. The summed E-state index contributed by atoms with van der Waals surface area (Å²) in [5, 5.41) is 0. The Hall–Kier alpha value is -0.490. The van der Waals surface area contributed by atoms with Gasteiger partial charge in [0.25, 0.3) is 0 Å². The van der Waals surface area contributed by atoms with Crippen molar-refractivity contribution in [1.82, 2.24) is 0 Å². The molecule has 30 heavy (non-hydrogen) atoms. The number of hydrogen-bond donors (Lipinski definition) is 0. The highest BCUT2D eigenvalue weighted by Crippen LogP contribution is 2.68. The van der Waals surface area contributed by atoms with Gasteiger partial charge in [0.2, 0.25) is 0 Å². The topological polar surface area (TPSA) is 54.0 Å². The molecule has 0 bridgehead atoms. The quantitative estimate of drug-likeness (QED) is 0.634. The summed E-state index contributed by atoms with van der Waals surface area (Å²) < 4.78 is 24.4. The second kappa shape index (κ2) is 6.52. The third kappa shape index (κ3) is 2.58. The summed E-state index contributed by atoms with van der Waals surface area (Å²) >= 11 is 0. The van der Waals surface area contributed by atoms with Crippen LogP contribution in [0.1, 0.15) is 72.1 Å². The molecule has 6 aliphatic rings. The molecule has 4 aliphatic carbocycles. The number of fused-ring (bicyclic) bond motifs is 5. The van der Waals surface area contributed by atoms with E-state index >= 15 is 0 Å². The first-order chi connectivity index (χ1) is 14.3. The lowest BCUT2D eigenvalue weighted by atomic mass is 9.44. The van der Waals surface area contributed by atoms with E-state index in [4.69, 9.17) is 18.9 Å². The number of ketones is 1. The number of rotatable bonds is 1. The van der Waals surface area contributed by atoms with Gasteiger partial charge in [-0.2, -0.15) is 0 Å². The monoisotopic (exact) mass is 418 g/mol. The van der Waals surface area contributed by atoms with E-state index in [1.54, 1.807) is 0 Å². The van der Waals surface area contributed by atoms with Gasteiger partial charge in [0.15, 0.2) is 11.6 Å². The Morgan fingerprint density at radius 1 is 0.800 bits per heavy atom. The van der Waals surface area contributed by atoms with Gasteiger partial charge in [0, 0.05) is 31.1 Å². The van der Waals surface area contributed by atoms with Crippen molar-refractivity contribution < 1.29 is 23.7 Å². The molecular formula is C25H38O5. The average Bonchev–Trinajstić information content (AvgIpc) is 3.41. The molecule has 168 valence electrons. The Morgan fingerprint density at radius 3 is 2.23 bits per heavy atom. The maximum atomic E-state index is 13.9. The van der Waals surface area contributed by atoms with Crippen LogP contribution in [0.15, 0.2) is 0 Å². The fourth-order valence-electron chi connectivity index (χ4n) is 9.36. The molecule has 6 fully saturated rings. The molecule has 0 unspecified atom stereocenters. The summed E-state index contributed by atoms with van der Waals surface area (Å²) in [6.45, 7) is 9.73. The number of Topliss-reactive ketones (excluding diaryl/α,β-unsaturated/α-hetero) is 1. The van der Waals surface area contributed by atoms with Gasteiger partial charge in [-0.25, -0.2) is 0 Å². The van der Waals surface area contributed by atoms with Crippen molar-refractivity contribution >= 4 is 5.78 Å². The number of carbonyl (C=O) groups is 1. The SMILES string of the molecule is CC1([C@@H]2CC[C@@H]3[C@@H]4CC[C@@H]5CC6(CC[C@]5(C)[C@H]4C(=O)C[C@@]32C)OCCO6)OCCO1. The zero-order valence-corrected chi connectivity index (χ0v) is 18.9. The van der Waals surface area contributed by atoms with Gasteiger partial charge < -0.3 is 18.9 Å². The van der Waals surface area contributed by atoms with Crippen LogP contribution >= 0.6 is 0 Å². The smallest absolute Gasteiger partial charge is 0.169 e. The van der Waals surface area contributed by atoms with Crippen LogP contribution in [0.3, 0.4) is 0 Å². The molecule has 1 spiro atoms. The van der Waals surface area contributed by atoms with Crippen LogP contribution in [0.25, 0.3) is 0 Å². The second-order valence-corrected chi connectivity index (χ2v) is 11.8. The van der Waals surface area contributed by atoms with E-state index in [2.05, 4.69) is 20.8 Å². The third-order valence-electron chi connectivity index (χ3n) is 10.7. The van der Waals surface area contributed by atoms with Crippen molar-refractivity contribution in [3.63, 3.8) is 0 Å². The summed E-state index contributed by atoms with van der Waals surface area (Å²) in [5.41, 5.74) is 0.109. The van der Waals surface area contributed by atoms with Crippen molar-refractivity contribution in [3.05, 3.63) is 0 Å². The molecule has 0 radical (unpaired) electrons. The molecule has 2 heterocycles. The number of ether oxygens (including phenoxy) is 4. The molecule has 5 nitrogen and oxygen atoms in total. The number of hydrogen-bond acceptors (Lipinski definition) is 5. The lowest BCUT2D eigenvalue weighted by Gasteiger charge is -2.61. The zero-order valence-electron chi connectivity index (χ0n) is 18.9. The van der Waals surface area contributed by atoms with Crippen molar-refractivity contribution in [2.75, 3.05) is 26.4 Å². The van der Waals surface area contributed by atoms with Crippen molar-refractivity contribution in [1.29, 1.82) is 0 Å². The lowest BCUT2D eigenvalue weighted by molar-refractivity contribution is -0.234. The van der Waals surface area contributed by atoms with Crippen LogP contribution in [-0.4, -0.2) is 43.8 Å². The van der Waals surface area contributed by atoms with Crippen LogP contribution in [0, 0.1) is 40.4 Å². The van der Waals surface area contributed by atoms with Crippen LogP contribution in [0.5, 0.6) is 0 Å². The van der Waals surface area contributed by atoms with E-state index in [0.29, 0.717) is 49.1 Å². The van der Waals surface area contributed by atoms with Gasteiger partial charge in [-0.05, 0) is 67.6 Å². The van der Waals surface area contributed by atoms with E-state index < -0.39 is 5.79 Å². The van der Waals surface area contributed by atoms with E-state index in [-0.39, 0.29) is 22.5 Å². The fourth-order valence-corrected chi connectivity index (χ4v) is 9.36. The van der Waals surface area contributed by atoms with E-state index in [0.717, 1.165) is 38.9 Å². The van der Waals surface area contributed by atoms with Gasteiger partial charge in [0.1, 0.15) is 5.78 Å². The van der Waals surface area contributed by atoms with Crippen LogP contribution < -0.4 is 0 Å². The predicted octanol–water partition coefficient (Wildman–Crippen LogP) is 4.33. The van der Waals surface area contributed by atoms with Crippen molar-refractivity contribution in [2.24, 2.45) is 40.4 Å². The van der Waals surface area contributed by atoms with Gasteiger partial charge in [-0.1, -0.05) is 13.8 Å². The summed E-state index contributed by atoms with van der Waals surface area (Å²) in [4.78, 5) is 13.9. The first-order valence-electron chi connectivity index (χ1n) is 12.4. The Labute approximate surface area is 180 Å². The minimum absolute atomic E-state index is 0.00804. The average molecular weight is 419 g/mol. The second-order valence-electron chi connectivity index (χ2n) is 11.8. The highest BCUT2D eigenvalue weighted by molar-refractivity contribution is 5.84. The molecule has 6 rings (SSSR count). The standard InChI is InChI=1S/C25H38O5/c1-22-8-9-25(29-12-13-30-25)14-16(22)4-5-17-18-6-7-20(24(3)27-10-11-28-24)23(18,2)15-19(26)21(17)22/h16-18,20-21H,4-15H2,1-3H3/t16-,17+,18-,20-,21-,22+,23+/m1/s1.